The molecule has 1 heterocycles. The zero-order chi connectivity index (χ0) is 18.0. The molecule has 0 radical (unpaired) electrons. The van der Waals surface area contributed by atoms with Crippen LogP contribution >= 0.6 is 0 Å². The van der Waals surface area contributed by atoms with Gasteiger partial charge in [0.2, 0.25) is 0 Å². The lowest BCUT2D eigenvalue weighted by Crippen LogP contribution is -2.31. The highest BCUT2D eigenvalue weighted by atomic mass is 16.4. The van der Waals surface area contributed by atoms with E-state index in [0.717, 1.165) is 24.1 Å². The molecule has 1 aromatic heterocycles. The molecule has 2 aromatic rings. The number of carbonyl (C=O) groups is 3. The van der Waals surface area contributed by atoms with E-state index in [1.807, 2.05) is 6.07 Å². The fourth-order valence-electron chi connectivity index (χ4n) is 3.34. The molecule has 1 aliphatic carbocycles. The second-order valence-electron chi connectivity index (χ2n) is 6.29. The minimum absolute atomic E-state index is 0.0548. The van der Waals surface area contributed by atoms with Crippen LogP contribution in [0.1, 0.15) is 63.0 Å². The van der Waals surface area contributed by atoms with E-state index in [-0.39, 0.29) is 12.2 Å². The predicted molar refractivity (Wildman–Crippen MR) is 91.7 cm³/mol. The van der Waals surface area contributed by atoms with Gasteiger partial charge >= 0.3 is 5.97 Å². The van der Waals surface area contributed by atoms with Gasteiger partial charge in [-0.25, -0.2) is 0 Å². The average molecular weight is 340 g/mol. The number of rotatable bonds is 5. The Morgan fingerprint density at radius 3 is 2.60 bits per heavy atom. The van der Waals surface area contributed by atoms with Crippen molar-refractivity contribution in [2.75, 3.05) is 0 Å². The van der Waals surface area contributed by atoms with Gasteiger partial charge in [-0.1, -0.05) is 30.3 Å². The van der Waals surface area contributed by atoms with Crippen molar-refractivity contribution in [3.63, 3.8) is 0 Å². The lowest BCUT2D eigenvalue weighted by atomic mass is 9.93. The number of hydrogen-bond donors (Lipinski definition) is 3. The molecule has 6 heteroatoms. The van der Waals surface area contributed by atoms with Gasteiger partial charge in [-0.05, 0) is 30.9 Å². The molecule has 1 aliphatic rings. The first kappa shape index (κ1) is 17.0. The number of hydrogen-bond acceptors (Lipinski definition) is 3. The largest absolute Gasteiger partial charge is 0.481 e. The summed E-state index contributed by atoms with van der Waals surface area (Å²) in [5, 5.41) is 11.9. The first-order valence-corrected chi connectivity index (χ1v) is 8.29. The summed E-state index contributed by atoms with van der Waals surface area (Å²) < 4.78 is 0. The van der Waals surface area contributed by atoms with Crippen LogP contribution in [0.2, 0.25) is 0 Å². The normalized spacial score (nSPS) is 14.7. The predicted octanol–water partition coefficient (Wildman–Crippen LogP) is 2.79. The molecule has 0 saturated heterocycles. The van der Waals surface area contributed by atoms with Crippen LogP contribution in [0.4, 0.5) is 0 Å². The SMILES string of the molecule is Cc1c(C(=O)NC(CC(=O)O)c2ccccc2)[nH]c2c1C(=O)CCC2. The van der Waals surface area contributed by atoms with Gasteiger partial charge in [0.05, 0.1) is 12.5 Å². The molecule has 3 rings (SSSR count). The number of Topliss-reactive ketones (excluding diaryl/α,β-unsaturated/α-hetero) is 1. The zero-order valence-corrected chi connectivity index (χ0v) is 14.0. The van der Waals surface area contributed by atoms with Crippen molar-refractivity contribution < 1.29 is 19.5 Å². The van der Waals surface area contributed by atoms with E-state index in [0.29, 0.717) is 23.2 Å². The minimum Gasteiger partial charge on any atom is -0.481 e. The molecule has 6 nitrogen and oxygen atoms in total. The minimum atomic E-state index is -0.994. The smallest absolute Gasteiger partial charge is 0.305 e. The molecule has 130 valence electrons. The van der Waals surface area contributed by atoms with Gasteiger partial charge in [0, 0.05) is 17.7 Å². The first-order valence-electron chi connectivity index (χ1n) is 8.29. The van der Waals surface area contributed by atoms with Crippen LogP contribution in [0.15, 0.2) is 30.3 Å². The van der Waals surface area contributed by atoms with Crippen LogP contribution in [0.3, 0.4) is 0 Å². The fourth-order valence-corrected chi connectivity index (χ4v) is 3.34. The van der Waals surface area contributed by atoms with Crippen molar-refractivity contribution in [3.8, 4) is 0 Å². The maximum absolute atomic E-state index is 12.7. The molecule has 0 bridgehead atoms. The number of aromatic amines is 1. The number of fused-ring (bicyclic) bond motifs is 1. The zero-order valence-electron chi connectivity index (χ0n) is 14.0. The van der Waals surface area contributed by atoms with Crippen LogP contribution in [0, 0.1) is 6.92 Å². The maximum Gasteiger partial charge on any atom is 0.305 e. The highest BCUT2D eigenvalue weighted by molar-refractivity contribution is 6.04. The number of benzene rings is 1. The molecular formula is C19H20N2O4. The van der Waals surface area contributed by atoms with Crippen molar-refractivity contribution in [1.29, 1.82) is 0 Å². The van der Waals surface area contributed by atoms with Gasteiger partial charge in [0.1, 0.15) is 5.69 Å². The van der Waals surface area contributed by atoms with E-state index in [9.17, 15) is 14.4 Å². The van der Waals surface area contributed by atoms with Crippen molar-refractivity contribution in [2.45, 2.75) is 38.6 Å². The third-order valence-electron chi connectivity index (χ3n) is 4.55. The summed E-state index contributed by atoms with van der Waals surface area (Å²) >= 11 is 0. The van der Waals surface area contributed by atoms with Gasteiger partial charge < -0.3 is 15.4 Å². The standard InChI is InChI=1S/C19H20N2O4/c1-11-17-13(8-5-9-15(17)22)20-18(11)19(25)21-14(10-16(23)24)12-6-3-2-4-7-12/h2-4,6-7,14,20H,5,8-10H2,1H3,(H,21,25)(H,23,24). The number of ketones is 1. The van der Waals surface area contributed by atoms with Gasteiger partial charge in [-0.2, -0.15) is 0 Å². The van der Waals surface area contributed by atoms with E-state index in [2.05, 4.69) is 10.3 Å². The molecule has 1 atom stereocenters. The molecule has 1 aromatic carbocycles. The average Bonchev–Trinajstić information content (AvgIpc) is 2.93. The van der Waals surface area contributed by atoms with E-state index < -0.39 is 17.9 Å². The number of carbonyl (C=O) groups excluding carboxylic acids is 2. The van der Waals surface area contributed by atoms with E-state index in [1.165, 1.54) is 0 Å². The van der Waals surface area contributed by atoms with Gasteiger partial charge in [-0.15, -0.1) is 0 Å². The maximum atomic E-state index is 12.7. The summed E-state index contributed by atoms with van der Waals surface area (Å²) in [7, 11) is 0. The second kappa shape index (κ2) is 6.93. The second-order valence-corrected chi connectivity index (χ2v) is 6.29. The van der Waals surface area contributed by atoms with Gasteiger partial charge in [-0.3, -0.25) is 14.4 Å². The highest BCUT2D eigenvalue weighted by Crippen LogP contribution is 2.27. The molecular weight excluding hydrogens is 320 g/mol. The molecule has 0 saturated carbocycles. The lowest BCUT2D eigenvalue weighted by Gasteiger charge is -2.17. The van der Waals surface area contributed by atoms with Gasteiger partial charge in [0.15, 0.2) is 5.78 Å². The molecule has 1 unspecified atom stereocenters. The molecule has 0 spiro atoms. The molecule has 1 amide bonds. The third-order valence-corrected chi connectivity index (χ3v) is 4.55. The molecule has 0 aliphatic heterocycles. The van der Waals surface area contributed by atoms with E-state index in [1.54, 1.807) is 31.2 Å². The Balaban J connectivity index is 1.87. The summed E-state index contributed by atoms with van der Waals surface area (Å²) in [6.45, 7) is 1.75. The van der Waals surface area contributed by atoms with Crippen LogP contribution in [-0.2, 0) is 11.2 Å². The summed E-state index contributed by atoms with van der Waals surface area (Å²) in [6, 6.07) is 8.36. The number of carboxylic acids is 1. The number of aliphatic carboxylic acids is 1. The Kier molecular flexibility index (Phi) is 4.70. The van der Waals surface area contributed by atoms with Crippen LogP contribution in [0.5, 0.6) is 0 Å². The van der Waals surface area contributed by atoms with Crippen molar-refractivity contribution >= 4 is 17.7 Å². The fraction of sp³-hybridized carbons (Fsp3) is 0.316. The van der Waals surface area contributed by atoms with Crippen LogP contribution < -0.4 is 5.32 Å². The quantitative estimate of drug-likeness (QED) is 0.779. The number of carboxylic acid groups (broad SMARTS) is 1. The lowest BCUT2D eigenvalue weighted by molar-refractivity contribution is -0.137. The number of aryl methyl sites for hydroxylation is 1. The topological polar surface area (TPSA) is 99.3 Å². The van der Waals surface area contributed by atoms with E-state index in [4.69, 9.17) is 5.11 Å². The molecule has 25 heavy (non-hydrogen) atoms. The summed E-state index contributed by atoms with van der Waals surface area (Å²) in [5.74, 6) is -1.33. The summed E-state index contributed by atoms with van der Waals surface area (Å²) in [4.78, 5) is 39.0. The number of aromatic nitrogens is 1. The number of amides is 1. The molecule has 3 N–H and O–H groups in total. The molecule has 0 fully saturated rings. The Morgan fingerprint density at radius 2 is 1.96 bits per heavy atom. The monoisotopic (exact) mass is 340 g/mol. The van der Waals surface area contributed by atoms with E-state index >= 15 is 0 Å². The van der Waals surface area contributed by atoms with Crippen LogP contribution in [-0.4, -0.2) is 27.8 Å². The number of nitrogens with one attached hydrogen (secondary N) is 2. The summed E-state index contributed by atoms with van der Waals surface area (Å²) in [6.07, 6.45) is 1.80. The first-order chi connectivity index (χ1) is 12.0. The van der Waals surface area contributed by atoms with Crippen molar-refractivity contribution in [2.24, 2.45) is 0 Å². The van der Waals surface area contributed by atoms with Crippen molar-refractivity contribution in [3.05, 3.63) is 58.4 Å². The third kappa shape index (κ3) is 3.47. The highest BCUT2D eigenvalue weighted by Gasteiger charge is 2.27. The summed E-state index contributed by atoms with van der Waals surface area (Å²) in [5.41, 5.74) is 3.12. The van der Waals surface area contributed by atoms with Crippen molar-refractivity contribution in [1.82, 2.24) is 10.3 Å². The van der Waals surface area contributed by atoms with Gasteiger partial charge in [0.25, 0.3) is 5.91 Å². The Morgan fingerprint density at radius 1 is 1.24 bits per heavy atom. The van der Waals surface area contributed by atoms with Crippen LogP contribution in [0.25, 0.3) is 0 Å². The Bertz CT molecular complexity index is 823. The Hall–Kier alpha value is -2.89. The number of H-pyrrole nitrogens is 1. The Labute approximate surface area is 145 Å².